The molecule has 2 aromatic rings. The van der Waals surface area contributed by atoms with Crippen LogP contribution in [-0.4, -0.2) is 69.7 Å². The molecule has 8 heteroatoms. The maximum Gasteiger partial charge on any atom is 0.338 e. The molecule has 1 unspecified atom stereocenters. The predicted molar refractivity (Wildman–Crippen MR) is 142 cm³/mol. The quantitative estimate of drug-likeness (QED) is 0.358. The number of fused-ring (bicyclic) bond motifs is 1. The number of nitrogens with one attached hydrogen (secondary N) is 1. The first-order valence-electron chi connectivity index (χ1n) is 11.9. The van der Waals surface area contributed by atoms with Crippen molar-refractivity contribution in [3.63, 3.8) is 0 Å². The number of hydrogen-bond donors (Lipinski definition) is 1. The first-order valence-corrected chi connectivity index (χ1v) is 14.8. The Bertz CT molecular complexity index is 965. The molecule has 2 rings (SSSR count). The molecule has 0 saturated heterocycles. The Morgan fingerprint density at radius 2 is 1.76 bits per heavy atom. The van der Waals surface area contributed by atoms with Crippen molar-refractivity contribution in [1.29, 1.82) is 0 Å². The van der Waals surface area contributed by atoms with E-state index >= 15 is 0 Å². The normalized spacial score (nSPS) is 13.7. The molecule has 0 saturated carbocycles. The highest BCUT2D eigenvalue weighted by molar-refractivity contribution is 6.74. The zero-order valence-corrected chi connectivity index (χ0v) is 23.6. The van der Waals surface area contributed by atoms with Gasteiger partial charge in [-0.05, 0) is 83.3 Å². The molecule has 34 heavy (non-hydrogen) atoms. The first kappa shape index (κ1) is 28.1. The second kappa shape index (κ2) is 11.1. The van der Waals surface area contributed by atoms with E-state index in [-0.39, 0.29) is 11.6 Å². The maximum atomic E-state index is 12.9. The molecule has 0 aliphatic carbocycles. The Balaban J connectivity index is 2.14. The van der Waals surface area contributed by atoms with Gasteiger partial charge in [0.15, 0.2) is 14.4 Å². The van der Waals surface area contributed by atoms with Crippen molar-refractivity contribution in [2.75, 3.05) is 39.1 Å². The van der Waals surface area contributed by atoms with Crippen molar-refractivity contribution in [3.8, 4) is 5.75 Å². The predicted octanol–water partition coefficient (Wildman–Crippen LogP) is 5.32. The molecule has 0 fully saturated rings. The number of esters is 1. The summed E-state index contributed by atoms with van der Waals surface area (Å²) >= 11 is 0. The lowest BCUT2D eigenvalue weighted by Gasteiger charge is -2.39. The largest absolute Gasteiger partial charge is 0.490 e. The summed E-state index contributed by atoms with van der Waals surface area (Å²) in [5.74, 6) is 1.11. The number of anilines is 1. The molecule has 7 nitrogen and oxygen atoms in total. The van der Waals surface area contributed by atoms with Gasteiger partial charge in [0.25, 0.3) is 0 Å². The number of carbonyl (C=O) groups is 1. The average Bonchev–Trinajstić information content (AvgIpc) is 2.68. The van der Waals surface area contributed by atoms with E-state index < -0.39 is 26.0 Å². The Kier molecular flexibility index (Phi) is 9.13. The molecule has 1 heterocycles. The molecular weight excluding hydrogens is 446 g/mol. The highest BCUT2D eigenvalue weighted by Crippen LogP contribution is 2.37. The molecule has 190 valence electrons. The molecule has 1 N–H and O–H groups in total. The zero-order valence-electron chi connectivity index (χ0n) is 22.6. The van der Waals surface area contributed by atoms with Gasteiger partial charge in [0, 0.05) is 18.5 Å². The number of hydrogen-bond acceptors (Lipinski definition) is 7. The first-order chi connectivity index (χ1) is 15.6. The van der Waals surface area contributed by atoms with Gasteiger partial charge in [0.2, 0.25) is 0 Å². The minimum Gasteiger partial charge on any atom is -0.490 e. The third-order valence-corrected chi connectivity index (χ3v) is 10.3. The summed E-state index contributed by atoms with van der Waals surface area (Å²) in [5, 5.41) is 4.27. The monoisotopic (exact) mass is 489 g/mol. The van der Waals surface area contributed by atoms with Gasteiger partial charge in [-0.3, -0.25) is 0 Å². The van der Waals surface area contributed by atoms with Crippen molar-refractivity contribution in [1.82, 2.24) is 9.88 Å². The summed E-state index contributed by atoms with van der Waals surface area (Å²) in [7, 11) is 1.87. The van der Waals surface area contributed by atoms with Gasteiger partial charge < -0.3 is 24.1 Å². The van der Waals surface area contributed by atoms with E-state index in [4.69, 9.17) is 13.9 Å². The average molecular weight is 490 g/mol. The molecule has 0 spiro atoms. The minimum absolute atomic E-state index is 0.0415. The summed E-state index contributed by atoms with van der Waals surface area (Å²) in [5.41, 5.74) is 0.280. The Hall–Kier alpha value is -2.16. The summed E-state index contributed by atoms with van der Waals surface area (Å²) in [6.07, 6.45) is -0.794. The fourth-order valence-corrected chi connectivity index (χ4v) is 4.15. The Morgan fingerprint density at radius 3 is 2.35 bits per heavy atom. The molecule has 1 aromatic carbocycles. The van der Waals surface area contributed by atoms with Crippen molar-refractivity contribution in [3.05, 3.63) is 30.3 Å². The van der Waals surface area contributed by atoms with Crippen molar-refractivity contribution in [2.45, 2.75) is 71.4 Å². The second-order valence-corrected chi connectivity index (χ2v) is 16.2. The lowest BCUT2D eigenvalue weighted by Crippen LogP contribution is -2.49. The van der Waals surface area contributed by atoms with Gasteiger partial charge in [0.1, 0.15) is 23.8 Å². The van der Waals surface area contributed by atoms with Crippen LogP contribution < -0.4 is 10.1 Å². The van der Waals surface area contributed by atoms with Gasteiger partial charge in [-0.15, -0.1) is 0 Å². The van der Waals surface area contributed by atoms with Crippen LogP contribution in [0.1, 0.15) is 41.5 Å². The fourth-order valence-electron chi connectivity index (χ4n) is 2.92. The molecule has 0 amide bonds. The topological polar surface area (TPSA) is 72.9 Å². The van der Waals surface area contributed by atoms with Crippen LogP contribution in [0, 0.1) is 0 Å². The van der Waals surface area contributed by atoms with Crippen LogP contribution in [0.5, 0.6) is 5.75 Å². The number of carbonyl (C=O) groups excluding carboxylic acids is 1. The van der Waals surface area contributed by atoms with Crippen LogP contribution >= 0.6 is 0 Å². The molecule has 1 aromatic heterocycles. The molecule has 0 aliphatic heterocycles. The van der Waals surface area contributed by atoms with Crippen LogP contribution in [0.4, 0.5) is 5.82 Å². The summed E-state index contributed by atoms with van der Waals surface area (Å²) in [6.45, 7) is 18.1. The number of likely N-dealkylation sites (N-methyl/N-ethyl adjacent to an activating group) is 1. The highest BCUT2D eigenvalue weighted by Gasteiger charge is 2.42. The van der Waals surface area contributed by atoms with Crippen molar-refractivity contribution < 1.29 is 18.7 Å². The number of aromatic nitrogens is 1. The smallest absolute Gasteiger partial charge is 0.338 e. The van der Waals surface area contributed by atoms with E-state index in [2.05, 4.69) is 49.1 Å². The van der Waals surface area contributed by atoms with Crippen LogP contribution in [0.2, 0.25) is 18.1 Å². The number of nitrogens with zero attached hydrogens (tertiary/aromatic N) is 2. The van der Waals surface area contributed by atoms with E-state index in [1.54, 1.807) is 0 Å². The van der Waals surface area contributed by atoms with Gasteiger partial charge >= 0.3 is 5.97 Å². The van der Waals surface area contributed by atoms with E-state index in [1.807, 2.05) is 65.2 Å². The number of benzene rings is 1. The van der Waals surface area contributed by atoms with Gasteiger partial charge in [-0.1, -0.05) is 20.8 Å². The molecule has 1 atom stereocenters. The molecular formula is C26H43N3O4Si. The Morgan fingerprint density at radius 1 is 1.09 bits per heavy atom. The maximum absolute atomic E-state index is 12.9. The van der Waals surface area contributed by atoms with Gasteiger partial charge in [-0.2, -0.15) is 0 Å². The van der Waals surface area contributed by atoms with Crippen molar-refractivity contribution in [2.24, 2.45) is 0 Å². The second-order valence-electron chi connectivity index (χ2n) is 11.5. The summed E-state index contributed by atoms with van der Waals surface area (Å²) < 4.78 is 18.1. The summed E-state index contributed by atoms with van der Waals surface area (Å²) in [4.78, 5) is 19.7. The number of pyridine rings is 1. The third-order valence-electron chi connectivity index (χ3n) is 5.84. The third kappa shape index (κ3) is 8.56. The lowest BCUT2D eigenvalue weighted by atomic mass is 10.2. The molecule has 0 aliphatic rings. The Labute approximate surface area is 206 Å². The van der Waals surface area contributed by atoms with Crippen LogP contribution in [0.15, 0.2) is 30.3 Å². The summed E-state index contributed by atoms with van der Waals surface area (Å²) in [6, 6.07) is 9.72. The van der Waals surface area contributed by atoms with E-state index in [1.165, 1.54) is 0 Å². The fraction of sp³-hybridized carbons (Fsp3) is 0.615. The lowest BCUT2D eigenvalue weighted by molar-refractivity contribution is -0.165. The van der Waals surface area contributed by atoms with Crippen LogP contribution in [0.3, 0.4) is 0 Å². The number of ether oxygens (including phenoxy) is 2. The van der Waals surface area contributed by atoms with E-state index in [0.29, 0.717) is 5.75 Å². The van der Waals surface area contributed by atoms with Crippen LogP contribution in [0.25, 0.3) is 10.9 Å². The highest BCUT2D eigenvalue weighted by atomic mass is 28.4. The van der Waals surface area contributed by atoms with Gasteiger partial charge in [-0.25, -0.2) is 9.78 Å². The van der Waals surface area contributed by atoms with Gasteiger partial charge in [0.05, 0.1) is 5.52 Å². The number of rotatable bonds is 10. The van der Waals surface area contributed by atoms with Crippen LogP contribution in [-0.2, 0) is 14.0 Å². The van der Waals surface area contributed by atoms with E-state index in [0.717, 1.165) is 29.8 Å². The molecule has 0 radical (unpaired) electrons. The zero-order chi connectivity index (χ0) is 25.7. The van der Waals surface area contributed by atoms with E-state index in [9.17, 15) is 4.79 Å². The molecule has 0 bridgehead atoms. The standard InChI is InChI=1S/C26H43N3O4Si/c1-25(2,3)32-24(30)22(33-34(9,10)26(4,5)6)18-31-20-12-13-21-19(17-20)11-14-23(28-21)27-15-16-29(7)8/h11-14,17,22H,15-16,18H2,1-10H3,(H,27,28). The van der Waals surface area contributed by atoms with Crippen molar-refractivity contribution >= 4 is 31.0 Å². The SMILES string of the molecule is CN(C)CCNc1ccc2cc(OCC(O[Si](C)(C)C(C)(C)C)C(=O)OC(C)(C)C)ccc2n1. The minimum atomic E-state index is -2.21.